The van der Waals surface area contributed by atoms with Crippen molar-refractivity contribution in [3.05, 3.63) is 51.7 Å². The van der Waals surface area contributed by atoms with Crippen molar-refractivity contribution in [3.63, 3.8) is 0 Å². The standard InChI is InChI=1S/C14H14N2OS/c1-9-4-5-12-11(7-9)13(14(17)16-12)15-8-10-3-2-6-18-10/h2-7,13,15H,8H2,1H3,(H,16,17). The Morgan fingerprint density at radius 2 is 2.28 bits per heavy atom. The first-order chi connectivity index (χ1) is 8.74. The van der Waals surface area contributed by atoms with Crippen molar-refractivity contribution in [2.45, 2.75) is 19.5 Å². The van der Waals surface area contributed by atoms with Crippen LogP contribution in [0.3, 0.4) is 0 Å². The van der Waals surface area contributed by atoms with E-state index in [1.165, 1.54) is 10.4 Å². The van der Waals surface area contributed by atoms with Crippen LogP contribution in [-0.4, -0.2) is 5.91 Å². The van der Waals surface area contributed by atoms with Crippen LogP contribution in [0, 0.1) is 6.92 Å². The molecule has 18 heavy (non-hydrogen) atoms. The lowest BCUT2D eigenvalue weighted by molar-refractivity contribution is -0.117. The predicted octanol–water partition coefficient (Wildman–Crippen LogP) is 2.84. The van der Waals surface area contributed by atoms with Crippen molar-refractivity contribution in [2.24, 2.45) is 0 Å². The number of anilines is 1. The summed E-state index contributed by atoms with van der Waals surface area (Å²) in [4.78, 5) is 13.2. The number of benzene rings is 1. The van der Waals surface area contributed by atoms with Crippen molar-refractivity contribution in [1.29, 1.82) is 0 Å². The van der Waals surface area contributed by atoms with E-state index in [0.717, 1.165) is 17.8 Å². The zero-order valence-electron chi connectivity index (χ0n) is 10.1. The fourth-order valence-electron chi connectivity index (χ4n) is 2.20. The number of fused-ring (bicyclic) bond motifs is 1. The van der Waals surface area contributed by atoms with Gasteiger partial charge in [-0.1, -0.05) is 23.8 Å². The van der Waals surface area contributed by atoms with Crippen LogP contribution in [0.4, 0.5) is 5.69 Å². The SMILES string of the molecule is Cc1ccc2c(c1)C(NCc1cccs1)C(=O)N2. The highest BCUT2D eigenvalue weighted by atomic mass is 32.1. The Labute approximate surface area is 110 Å². The van der Waals surface area contributed by atoms with Gasteiger partial charge in [0.15, 0.2) is 0 Å². The highest BCUT2D eigenvalue weighted by Crippen LogP contribution is 2.31. The monoisotopic (exact) mass is 258 g/mol. The molecule has 1 aliphatic rings. The van der Waals surface area contributed by atoms with Gasteiger partial charge in [-0.25, -0.2) is 0 Å². The Bertz CT molecular complexity index is 577. The van der Waals surface area contributed by atoms with E-state index in [9.17, 15) is 4.79 Å². The van der Waals surface area contributed by atoms with E-state index in [0.29, 0.717) is 0 Å². The summed E-state index contributed by atoms with van der Waals surface area (Å²) >= 11 is 1.70. The van der Waals surface area contributed by atoms with Gasteiger partial charge in [-0.15, -0.1) is 11.3 Å². The van der Waals surface area contributed by atoms with E-state index < -0.39 is 0 Å². The number of nitrogens with one attached hydrogen (secondary N) is 2. The molecular weight excluding hydrogens is 244 g/mol. The van der Waals surface area contributed by atoms with Gasteiger partial charge in [0.05, 0.1) is 0 Å². The summed E-state index contributed by atoms with van der Waals surface area (Å²) < 4.78 is 0. The molecule has 1 aromatic heterocycles. The number of carbonyl (C=O) groups is 1. The lowest BCUT2D eigenvalue weighted by Gasteiger charge is -2.10. The molecular formula is C14H14N2OS. The van der Waals surface area contributed by atoms with Crippen LogP contribution >= 0.6 is 11.3 Å². The molecule has 0 saturated heterocycles. The minimum absolute atomic E-state index is 0.0344. The molecule has 0 radical (unpaired) electrons. The van der Waals surface area contributed by atoms with Crippen molar-refractivity contribution < 1.29 is 4.79 Å². The molecule has 2 aromatic rings. The molecule has 0 aliphatic carbocycles. The second-order valence-corrected chi connectivity index (χ2v) is 5.51. The molecule has 92 valence electrons. The molecule has 3 rings (SSSR count). The number of hydrogen-bond donors (Lipinski definition) is 2. The molecule has 0 fully saturated rings. The van der Waals surface area contributed by atoms with Gasteiger partial charge >= 0.3 is 0 Å². The van der Waals surface area contributed by atoms with Gasteiger partial charge < -0.3 is 5.32 Å². The third kappa shape index (κ3) is 2.05. The zero-order valence-corrected chi connectivity index (χ0v) is 10.9. The van der Waals surface area contributed by atoms with Gasteiger partial charge in [0.2, 0.25) is 5.91 Å². The highest BCUT2D eigenvalue weighted by Gasteiger charge is 2.29. The average molecular weight is 258 g/mol. The Morgan fingerprint density at radius 3 is 3.06 bits per heavy atom. The van der Waals surface area contributed by atoms with Crippen molar-refractivity contribution >= 4 is 22.9 Å². The average Bonchev–Trinajstić information content (AvgIpc) is 2.94. The van der Waals surface area contributed by atoms with Gasteiger partial charge in [0.1, 0.15) is 6.04 Å². The molecule has 1 amide bonds. The summed E-state index contributed by atoms with van der Waals surface area (Å²) in [6.45, 7) is 2.77. The number of rotatable bonds is 3. The van der Waals surface area contributed by atoms with Crippen molar-refractivity contribution in [3.8, 4) is 0 Å². The Kier molecular flexibility index (Phi) is 2.89. The summed E-state index contributed by atoms with van der Waals surface area (Å²) in [7, 11) is 0. The first kappa shape index (κ1) is 11.4. The van der Waals surface area contributed by atoms with Crippen LogP contribution in [0.2, 0.25) is 0 Å². The van der Waals surface area contributed by atoms with Crippen LogP contribution in [0.15, 0.2) is 35.7 Å². The third-order valence-electron chi connectivity index (χ3n) is 3.10. The third-order valence-corrected chi connectivity index (χ3v) is 3.98. The maximum absolute atomic E-state index is 11.9. The quantitative estimate of drug-likeness (QED) is 0.889. The van der Waals surface area contributed by atoms with Crippen LogP contribution in [0.5, 0.6) is 0 Å². The molecule has 1 aromatic carbocycles. The maximum atomic E-state index is 11.9. The first-order valence-electron chi connectivity index (χ1n) is 5.91. The first-order valence-corrected chi connectivity index (χ1v) is 6.79. The smallest absolute Gasteiger partial charge is 0.246 e. The summed E-state index contributed by atoms with van der Waals surface area (Å²) in [6, 6.07) is 9.91. The van der Waals surface area contributed by atoms with Gasteiger partial charge in [0, 0.05) is 22.7 Å². The summed E-state index contributed by atoms with van der Waals surface area (Å²) in [5, 5.41) is 8.27. The predicted molar refractivity (Wildman–Crippen MR) is 73.7 cm³/mol. The summed E-state index contributed by atoms with van der Waals surface area (Å²) in [5.41, 5.74) is 3.15. The molecule has 1 aliphatic heterocycles. The van der Waals surface area contributed by atoms with Crippen molar-refractivity contribution in [2.75, 3.05) is 5.32 Å². The second-order valence-electron chi connectivity index (χ2n) is 4.47. The Morgan fingerprint density at radius 1 is 1.39 bits per heavy atom. The fraction of sp³-hybridized carbons (Fsp3) is 0.214. The molecule has 2 N–H and O–H groups in total. The number of thiophene rings is 1. The lowest BCUT2D eigenvalue weighted by Crippen LogP contribution is -2.26. The molecule has 3 nitrogen and oxygen atoms in total. The number of carbonyl (C=O) groups excluding carboxylic acids is 1. The summed E-state index contributed by atoms with van der Waals surface area (Å²) in [5.74, 6) is 0.0344. The molecule has 1 atom stereocenters. The van der Waals surface area contributed by atoms with E-state index in [-0.39, 0.29) is 11.9 Å². The van der Waals surface area contributed by atoms with E-state index in [1.54, 1.807) is 11.3 Å². The molecule has 2 heterocycles. The Hall–Kier alpha value is -1.65. The fourth-order valence-corrected chi connectivity index (χ4v) is 2.86. The van der Waals surface area contributed by atoms with Crippen LogP contribution in [0.25, 0.3) is 0 Å². The minimum atomic E-state index is -0.234. The van der Waals surface area contributed by atoms with Crippen molar-refractivity contribution in [1.82, 2.24) is 5.32 Å². The van der Waals surface area contributed by atoms with Crippen LogP contribution < -0.4 is 10.6 Å². The van der Waals surface area contributed by atoms with E-state index in [4.69, 9.17) is 0 Å². The number of amides is 1. The molecule has 4 heteroatoms. The largest absolute Gasteiger partial charge is 0.324 e. The number of hydrogen-bond acceptors (Lipinski definition) is 3. The normalized spacial score (nSPS) is 17.6. The van der Waals surface area contributed by atoms with Gasteiger partial charge in [0.25, 0.3) is 0 Å². The van der Waals surface area contributed by atoms with E-state index in [2.05, 4.69) is 22.8 Å². The zero-order chi connectivity index (χ0) is 12.5. The topological polar surface area (TPSA) is 41.1 Å². The van der Waals surface area contributed by atoms with E-state index in [1.807, 2.05) is 30.5 Å². The molecule has 1 unspecified atom stereocenters. The highest BCUT2D eigenvalue weighted by molar-refractivity contribution is 7.09. The molecule has 0 saturated carbocycles. The molecule has 0 bridgehead atoms. The van der Waals surface area contributed by atoms with Gasteiger partial charge in [-0.3, -0.25) is 10.1 Å². The Balaban J connectivity index is 1.80. The van der Waals surface area contributed by atoms with Crippen LogP contribution in [-0.2, 0) is 11.3 Å². The van der Waals surface area contributed by atoms with Crippen LogP contribution in [0.1, 0.15) is 22.0 Å². The summed E-state index contributed by atoms with van der Waals surface area (Å²) in [6.07, 6.45) is 0. The second kappa shape index (κ2) is 4.55. The maximum Gasteiger partial charge on any atom is 0.246 e. The van der Waals surface area contributed by atoms with Gasteiger partial charge in [-0.2, -0.15) is 0 Å². The molecule has 0 spiro atoms. The lowest BCUT2D eigenvalue weighted by atomic mass is 10.1. The minimum Gasteiger partial charge on any atom is -0.324 e. The number of aryl methyl sites for hydroxylation is 1. The van der Waals surface area contributed by atoms with Gasteiger partial charge in [-0.05, 0) is 24.4 Å². The van der Waals surface area contributed by atoms with E-state index >= 15 is 0 Å².